The summed E-state index contributed by atoms with van der Waals surface area (Å²) in [5.74, 6) is 1.29. The lowest BCUT2D eigenvalue weighted by Gasteiger charge is -2.12. The van der Waals surface area contributed by atoms with Crippen LogP contribution in [-0.2, 0) is 0 Å². The van der Waals surface area contributed by atoms with Crippen LogP contribution in [0.25, 0.3) is 11.0 Å². The van der Waals surface area contributed by atoms with E-state index in [1.165, 1.54) is 12.5 Å². The number of rotatable bonds is 0. The maximum absolute atomic E-state index is 5.33. The fourth-order valence-electron chi connectivity index (χ4n) is 1.40. The highest BCUT2D eigenvalue weighted by Gasteiger charge is 2.13. The van der Waals surface area contributed by atoms with E-state index in [-0.39, 0.29) is 0 Å². The fourth-order valence-corrected chi connectivity index (χ4v) is 1.40. The van der Waals surface area contributed by atoms with Gasteiger partial charge < -0.3 is 9.47 Å². The third-order valence-corrected chi connectivity index (χ3v) is 1.99. The Balaban J connectivity index is 2.37. The SMILES string of the molecule is C1=COc2c(ccc3nccnc23)O1. The van der Waals surface area contributed by atoms with Crippen LogP contribution in [-0.4, -0.2) is 9.97 Å². The van der Waals surface area contributed by atoms with Gasteiger partial charge in [0.15, 0.2) is 11.5 Å². The number of aromatic nitrogens is 2. The number of fused-ring (bicyclic) bond motifs is 3. The Morgan fingerprint density at radius 3 is 2.79 bits per heavy atom. The Kier molecular flexibility index (Phi) is 1.41. The molecule has 1 aromatic heterocycles. The summed E-state index contributed by atoms with van der Waals surface area (Å²) in [6.45, 7) is 0. The zero-order chi connectivity index (χ0) is 9.38. The molecule has 0 atom stereocenters. The zero-order valence-electron chi connectivity index (χ0n) is 7.18. The molecular formula is C10H6N2O2. The van der Waals surface area contributed by atoms with E-state index in [2.05, 4.69) is 9.97 Å². The minimum absolute atomic E-state index is 0.623. The average molecular weight is 186 g/mol. The van der Waals surface area contributed by atoms with Gasteiger partial charge in [-0.05, 0) is 12.1 Å². The molecule has 1 aliphatic rings. The molecule has 0 spiro atoms. The molecule has 2 heterocycles. The first-order valence-corrected chi connectivity index (χ1v) is 4.17. The van der Waals surface area contributed by atoms with E-state index >= 15 is 0 Å². The predicted molar refractivity (Wildman–Crippen MR) is 49.9 cm³/mol. The zero-order valence-corrected chi connectivity index (χ0v) is 7.18. The highest BCUT2D eigenvalue weighted by Crippen LogP contribution is 2.35. The van der Waals surface area contributed by atoms with Crippen molar-refractivity contribution in [1.29, 1.82) is 0 Å². The van der Waals surface area contributed by atoms with Gasteiger partial charge in [-0.3, -0.25) is 4.98 Å². The third-order valence-electron chi connectivity index (χ3n) is 1.99. The fraction of sp³-hybridized carbons (Fsp3) is 0. The Morgan fingerprint density at radius 1 is 0.929 bits per heavy atom. The van der Waals surface area contributed by atoms with Crippen LogP contribution in [0.1, 0.15) is 0 Å². The third kappa shape index (κ3) is 0.939. The van der Waals surface area contributed by atoms with Gasteiger partial charge >= 0.3 is 0 Å². The molecule has 0 N–H and O–H groups in total. The lowest BCUT2D eigenvalue weighted by molar-refractivity contribution is 0.364. The molecule has 2 aromatic rings. The molecule has 0 unspecified atom stereocenters. The predicted octanol–water partition coefficient (Wildman–Crippen LogP) is 1.87. The molecule has 3 rings (SSSR count). The summed E-state index contributed by atoms with van der Waals surface area (Å²) in [4.78, 5) is 8.36. The molecule has 4 nitrogen and oxygen atoms in total. The van der Waals surface area contributed by atoms with Crippen molar-refractivity contribution in [3.8, 4) is 11.5 Å². The van der Waals surface area contributed by atoms with Crippen molar-refractivity contribution in [2.75, 3.05) is 0 Å². The van der Waals surface area contributed by atoms with Crippen molar-refractivity contribution < 1.29 is 9.47 Å². The second kappa shape index (κ2) is 2.70. The van der Waals surface area contributed by atoms with E-state index in [4.69, 9.17) is 9.47 Å². The molecule has 0 saturated carbocycles. The van der Waals surface area contributed by atoms with E-state index in [0.29, 0.717) is 17.0 Å². The monoisotopic (exact) mass is 186 g/mol. The second-order valence-corrected chi connectivity index (χ2v) is 2.82. The topological polar surface area (TPSA) is 44.2 Å². The lowest BCUT2D eigenvalue weighted by atomic mass is 10.2. The summed E-state index contributed by atoms with van der Waals surface area (Å²) in [6, 6.07) is 3.67. The van der Waals surface area contributed by atoms with Gasteiger partial charge in [-0.2, -0.15) is 0 Å². The van der Waals surface area contributed by atoms with Gasteiger partial charge in [0, 0.05) is 12.4 Å². The molecule has 0 amide bonds. The molecule has 1 aliphatic heterocycles. The van der Waals surface area contributed by atoms with Crippen molar-refractivity contribution in [3.05, 3.63) is 37.1 Å². The maximum Gasteiger partial charge on any atom is 0.196 e. The lowest BCUT2D eigenvalue weighted by Crippen LogP contribution is -1.98. The number of hydrogen-bond acceptors (Lipinski definition) is 4. The number of nitrogens with zero attached hydrogens (tertiary/aromatic N) is 2. The van der Waals surface area contributed by atoms with Crippen molar-refractivity contribution in [1.82, 2.24) is 9.97 Å². The molecule has 0 bridgehead atoms. The first kappa shape index (κ1) is 7.32. The average Bonchev–Trinajstić information content (AvgIpc) is 2.29. The number of ether oxygens (including phenoxy) is 2. The van der Waals surface area contributed by atoms with Crippen LogP contribution in [0, 0.1) is 0 Å². The summed E-state index contributed by atoms with van der Waals surface area (Å²) >= 11 is 0. The summed E-state index contributed by atoms with van der Waals surface area (Å²) in [7, 11) is 0. The van der Waals surface area contributed by atoms with Crippen LogP contribution >= 0.6 is 0 Å². The van der Waals surface area contributed by atoms with E-state index in [1.54, 1.807) is 12.4 Å². The van der Waals surface area contributed by atoms with Crippen LogP contribution in [0.2, 0.25) is 0 Å². The Morgan fingerprint density at radius 2 is 1.79 bits per heavy atom. The largest absolute Gasteiger partial charge is 0.458 e. The minimum atomic E-state index is 0.623. The Hall–Kier alpha value is -2.10. The molecular weight excluding hydrogens is 180 g/mol. The van der Waals surface area contributed by atoms with Gasteiger partial charge in [0.25, 0.3) is 0 Å². The van der Waals surface area contributed by atoms with Crippen molar-refractivity contribution in [2.24, 2.45) is 0 Å². The van der Waals surface area contributed by atoms with Gasteiger partial charge in [0.1, 0.15) is 18.0 Å². The molecule has 0 radical (unpaired) electrons. The molecule has 14 heavy (non-hydrogen) atoms. The molecule has 0 fully saturated rings. The van der Waals surface area contributed by atoms with Gasteiger partial charge in [-0.25, -0.2) is 4.98 Å². The number of hydrogen-bond donors (Lipinski definition) is 0. The van der Waals surface area contributed by atoms with Crippen LogP contribution in [0.4, 0.5) is 0 Å². The molecule has 0 aliphatic carbocycles. The first-order chi connectivity index (χ1) is 6.95. The quantitative estimate of drug-likeness (QED) is 0.630. The van der Waals surface area contributed by atoms with E-state index in [1.807, 2.05) is 12.1 Å². The molecule has 68 valence electrons. The van der Waals surface area contributed by atoms with Crippen LogP contribution in [0.3, 0.4) is 0 Å². The Labute approximate surface area is 79.8 Å². The van der Waals surface area contributed by atoms with E-state index in [9.17, 15) is 0 Å². The van der Waals surface area contributed by atoms with Crippen molar-refractivity contribution in [2.45, 2.75) is 0 Å². The number of benzene rings is 1. The van der Waals surface area contributed by atoms with E-state index in [0.717, 1.165) is 5.52 Å². The molecule has 4 heteroatoms. The summed E-state index contributed by atoms with van der Waals surface area (Å²) in [6.07, 6.45) is 6.25. The van der Waals surface area contributed by atoms with Gasteiger partial charge in [-0.15, -0.1) is 0 Å². The van der Waals surface area contributed by atoms with Gasteiger partial charge in [-0.1, -0.05) is 0 Å². The van der Waals surface area contributed by atoms with Crippen LogP contribution < -0.4 is 9.47 Å². The van der Waals surface area contributed by atoms with Gasteiger partial charge in [0.05, 0.1) is 5.52 Å². The Bertz CT molecular complexity index is 523. The van der Waals surface area contributed by atoms with Crippen molar-refractivity contribution >= 4 is 11.0 Å². The van der Waals surface area contributed by atoms with Gasteiger partial charge in [0.2, 0.25) is 0 Å². The smallest absolute Gasteiger partial charge is 0.196 e. The molecule has 1 aromatic carbocycles. The summed E-state index contributed by atoms with van der Waals surface area (Å²) < 4.78 is 10.6. The highest BCUT2D eigenvalue weighted by atomic mass is 16.5. The molecule has 0 saturated heterocycles. The van der Waals surface area contributed by atoms with Crippen molar-refractivity contribution in [3.63, 3.8) is 0 Å². The summed E-state index contributed by atoms with van der Waals surface area (Å²) in [5, 5.41) is 0. The highest BCUT2D eigenvalue weighted by molar-refractivity contribution is 5.84. The van der Waals surface area contributed by atoms with E-state index < -0.39 is 0 Å². The minimum Gasteiger partial charge on any atom is -0.458 e. The van der Waals surface area contributed by atoms with Crippen LogP contribution in [0.5, 0.6) is 11.5 Å². The standard InChI is InChI=1S/C10H6N2O2/c1-2-8-10(14-6-5-13-8)9-7(1)11-3-4-12-9/h1-6H. The first-order valence-electron chi connectivity index (χ1n) is 4.17. The normalized spacial score (nSPS) is 13.1. The maximum atomic E-state index is 5.33. The summed E-state index contributed by atoms with van der Waals surface area (Å²) in [5.41, 5.74) is 1.51. The second-order valence-electron chi connectivity index (χ2n) is 2.82. The van der Waals surface area contributed by atoms with Crippen LogP contribution in [0.15, 0.2) is 37.1 Å².